The van der Waals surface area contributed by atoms with E-state index < -0.39 is 0 Å². The van der Waals surface area contributed by atoms with E-state index in [1.54, 1.807) is 18.9 Å². The van der Waals surface area contributed by atoms with Crippen LogP contribution in [0, 0.1) is 0 Å². The fourth-order valence-corrected chi connectivity index (χ4v) is 4.56. The van der Waals surface area contributed by atoms with E-state index in [9.17, 15) is 4.79 Å². The maximum atomic E-state index is 12.3. The first-order chi connectivity index (χ1) is 10.7. The minimum atomic E-state index is -0.0406. The number of carbonyl (C=O) groups is 1. The molecule has 0 aromatic heterocycles. The number of thioether (sulfide) groups is 1. The van der Waals surface area contributed by atoms with Gasteiger partial charge in [-0.2, -0.15) is 0 Å². The molecular formula is C17H24N2O2S. The number of carbonyl (C=O) groups excluding carboxylic acids is 1. The van der Waals surface area contributed by atoms with Crippen molar-refractivity contribution in [1.82, 2.24) is 10.6 Å². The van der Waals surface area contributed by atoms with Gasteiger partial charge in [-0.15, -0.1) is 11.8 Å². The zero-order valence-electron chi connectivity index (χ0n) is 13.1. The molecule has 1 unspecified atom stereocenters. The van der Waals surface area contributed by atoms with Gasteiger partial charge in [0.15, 0.2) is 0 Å². The average molecular weight is 320 g/mol. The Morgan fingerprint density at radius 2 is 2.18 bits per heavy atom. The predicted octanol–water partition coefficient (Wildman–Crippen LogP) is 2.29. The van der Waals surface area contributed by atoms with Gasteiger partial charge in [-0.05, 0) is 18.9 Å². The van der Waals surface area contributed by atoms with Crippen molar-refractivity contribution in [2.45, 2.75) is 37.1 Å². The third-order valence-corrected chi connectivity index (χ3v) is 5.81. The summed E-state index contributed by atoms with van der Waals surface area (Å²) in [5.41, 5.74) is 1.26. The van der Waals surface area contributed by atoms with Crippen molar-refractivity contribution in [1.29, 1.82) is 0 Å². The summed E-state index contributed by atoms with van der Waals surface area (Å²) in [6.07, 6.45) is 4.65. The van der Waals surface area contributed by atoms with Crippen molar-refractivity contribution in [3.8, 4) is 5.75 Å². The number of hydrogen-bond donors (Lipinski definition) is 2. The highest BCUT2D eigenvalue weighted by Crippen LogP contribution is 2.44. The highest BCUT2D eigenvalue weighted by atomic mass is 32.2. The first kappa shape index (κ1) is 15.7. The lowest BCUT2D eigenvalue weighted by molar-refractivity contribution is -0.122. The molecule has 1 atom stereocenters. The molecule has 0 spiro atoms. The molecule has 5 heteroatoms. The molecule has 0 radical (unpaired) electrons. The number of rotatable bonds is 5. The van der Waals surface area contributed by atoms with Crippen molar-refractivity contribution in [3.05, 3.63) is 29.8 Å². The van der Waals surface area contributed by atoms with Gasteiger partial charge in [0, 0.05) is 29.2 Å². The maximum Gasteiger partial charge on any atom is 0.238 e. The summed E-state index contributed by atoms with van der Waals surface area (Å²) in [6, 6.07) is 8.20. The molecule has 1 saturated carbocycles. The minimum Gasteiger partial charge on any atom is -0.496 e. The molecule has 2 fully saturated rings. The topological polar surface area (TPSA) is 50.4 Å². The highest BCUT2D eigenvalue weighted by Gasteiger charge is 2.38. The summed E-state index contributed by atoms with van der Waals surface area (Å²) in [4.78, 5) is 12.3. The Balaban J connectivity index is 1.75. The van der Waals surface area contributed by atoms with Gasteiger partial charge < -0.3 is 10.1 Å². The molecule has 22 heavy (non-hydrogen) atoms. The number of benzene rings is 1. The minimum absolute atomic E-state index is 0.0218. The van der Waals surface area contributed by atoms with Crippen molar-refractivity contribution in [2.75, 3.05) is 25.3 Å². The molecule has 2 aliphatic rings. The van der Waals surface area contributed by atoms with E-state index in [0.29, 0.717) is 6.54 Å². The van der Waals surface area contributed by atoms with Crippen LogP contribution in [0.1, 0.15) is 31.2 Å². The summed E-state index contributed by atoms with van der Waals surface area (Å²) in [5.74, 6) is 2.81. The SMILES string of the molecule is COc1ccccc1C1(CNC(=O)C2CSCN2)CCCC1. The van der Waals surface area contributed by atoms with Crippen LogP contribution in [-0.2, 0) is 10.2 Å². The lowest BCUT2D eigenvalue weighted by atomic mass is 9.78. The molecule has 1 aromatic rings. The van der Waals surface area contributed by atoms with Gasteiger partial charge >= 0.3 is 0 Å². The fraction of sp³-hybridized carbons (Fsp3) is 0.588. The molecule has 120 valence electrons. The van der Waals surface area contributed by atoms with Crippen LogP contribution in [0.2, 0.25) is 0 Å². The Labute approximate surface area is 136 Å². The van der Waals surface area contributed by atoms with E-state index in [-0.39, 0.29) is 17.4 Å². The van der Waals surface area contributed by atoms with Crippen molar-refractivity contribution in [3.63, 3.8) is 0 Å². The number of methoxy groups -OCH3 is 1. The van der Waals surface area contributed by atoms with Crippen LogP contribution in [-0.4, -0.2) is 37.2 Å². The molecule has 1 aliphatic carbocycles. The van der Waals surface area contributed by atoms with Gasteiger partial charge in [0.25, 0.3) is 0 Å². The Morgan fingerprint density at radius 3 is 2.86 bits per heavy atom. The van der Waals surface area contributed by atoms with Crippen LogP contribution >= 0.6 is 11.8 Å². The number of nitrogens with one attached hydrogen (secondary N) is 2. The Morgan fingerprint density at radius 1 is 1.41 bits per heavy atom. The third-order valence-electron chi connectivity index (χ3n) is 4.87. The van der Waals surface area contributed by atoms with E-state index in [2.05, 4.69) is 22.8 Å². The van der Waals surface area contributed by atoms with Gasteiger partial charge in [0.2, 0.25) is 5.91 Å². The summed E-state index contributed by atoms with van der Waals surface area (Å²) in [7, 11) is 1.72. The van der Waals surface area contributed by atoms with Crippen LogP contribution in [0.3, 0.4) is 0 Å². The summed E-state index contributed by atoms with van der Waals surface area (Å²) in [5, 5.41) is 6.42. The zero-order valence-corrected chi connectivity index (χ0v) is 13.9. The van der Waals surface area contributed by atoms with Crippen LogP contribution in [0.15, 0.2) is 24.3 Å². The Bertz CT molecular complexity index is 523. The number of para-hydroxylation sites is 1. The van der Waals surface area contributed by atoms with Gasteiger partial charge in [0.1, 0.15) is 5.75 Å². The number of hydrogen-bond acceptors (Lipinski definition) is 4. The molecule has 1 aromatic carbocycles. The van der Waals surface area contributed by atoms with Crippen LogP contribution < -0.4 is 15.4 Å². The van der Waals surface area contributed by atoms with Gasteiger partial charge in [0.05, 0.1) is 13.2 Å². The first-order valence-corrected chi connectivity index (χ1v) is 9.13. The fourth-order valence-electron chi connectivity index (χ4n) is 3.62. The molecule has 3 rings (SSSR count). The predicted molar refractivity (Wildman–Crippen MR) is 90.4 cm³/mol. The van der Waals surface area contributed by atoms with Crippen LogP contribution in [0.25, 0.3) is 0 Å². The van der Waals surface area contributed by atoms with Gasteiger partial charge in [-0.1, -0.05) is 31.0 Å². The second kappa shape index (κ2) is 6.92. The largest absolute Gasteiger partial charge is 0.496 e. The molecule has 1 amide bonds. The van der Waals surface area contributed by atoms with Gasteiger partial charge in [-0.25, -0.2) is 0 Å². The van der Waals surface area contributed by atoms with Crippen molar-refractivity contribution < 1.29 is 9.53 Å². The molecule has 1 aliphatic heterocycles. The summed E-state index contributed by atoms with van der Waals surface area (Å²) in [6.45, 7) is 0.703. The standard InChI is InChI=1S/C17H24N2O2S/c1-21-15-7-3-2-6-13(15)17(8-4-5-9-17)11-18-16(20)14-10-22-12-19-14/h2-3,6-7,14,19H,4-5,8-12H2,1H3,(H,18,20). The zero-order chi connectivity index (χ0) is 15.4. The monoisotopic (exact) mass is 320 g/mol. The highest BCUT2D eigenvalue weighted by molar-refractivity contribution is 7.99. The number of amides is 1. The average Bonchev–Trinajstić information content (AvgIpc) is 3.25. The van der Waals surface area contributed by atoms with Crippen LogP contribution in [0.4, 0.5) is 0 Å². The van der Waals surface area contributed by atoms with Gasteiger partial charge in [-0.3, -0.25) is 10.1 Å². The second-order valence-electron chi connectivity index (χ2n) is 6.18. The van der Waals surface area contributed by atoms with Crippen molar-refractivity contribution in [2.24, 2.45) is 0 Å². The lowest BCUT2D eigenvalue weighted by Gasteiger charge is -2.31. The molecule has 1 saturated heterocycles. The molecular weight excluding hydrogens is 296 g/mol. The van der Waals surface area contributed by atoms with E-state index in [4.69, 9.17) is 4.74 Å². The molecule has 0 bridgehead atoms. The quantitative estimate of drug-likeness (QED) is 0.874. The second-order valence-corrected chi connectivity index (χ2v) is 7.21. The Hall–Kier alpha value is -1.20. The number of ether oxygens (including phenoxy) is 1. The summed E-state index contributed by atoms with van der Waals surface area (Å²) >= 11 is 1.78. The van der Waals surface area contributed by atoms with E-state index in [1.165, 1.54) is 18.4 Å². The van der Waals surface area contributed by atoms with E-state index in [0.717, 1.165) is 30.2 Å². The molecule has 4 nitrogen and oxygen atoms in total. The lowest BCUT2D eigenvalue weighted by Crippen LogP contribution is -2.47. The third kappa shape index (κ3) is 3.10. The molecule has 2 N–H and O–H groups in total. The molecule has 1 heterocycles. The Kier molecular flexibility index (Phi) is 4.93. The first-order valence-electron chi connectivity index (χ1n) is 7.97. The smallest absolute Gasteiger partial charge is 0.238 e. The normalized spacial score (nSPS) is 23.4. The maximum absolute atomic E-state index is 12.3. The summed E-state index contributed by atoms with van der Waals surface area (Å²) < 4.78 is 5.56. The van der Waals surface area contributed by atoms with Crippen LogP contribution in [0.5, 0.6) is 5.75 Å². The van der Waals surface area contributed by atoms with Crippen molar-refractivity contribution >= 4 is 17.7 Å². The van der Waals surface area contributed by atoms with E-state index >= 15 is 0 Å². The van der Waals surface area contributed by atoms with E-state index in [1.807, 2.05) is 12.1 Å².